The summed E-state index contributed by atoms with van der Waals surface area (Å²) in [7, 11) is 0. The van der Waals surface area contributed by atoms with E-state index in [1.807, 2.05) is 20.8 Å². The van der Waals surface area contributed by atoms with Gasteiger partial charge in [0.1, 0.15) is 11.5 Å². The molecule has 1 aliphatic heterocycles. The quantitative estimate of drug-likeness (QED) is 0.408. The molecule has 0 spiro atoms. The predicted molar refractivity (Wildman–Crippen MR) is 112 cm³/mol. The van der Waals surface area contributed by atoms with Crippen LogP contribution in [0.25, 0.3) is 5.76 Å². The molecule has 2 heterocycles. The number of rotatable bonds is 8. The van der Waals surface area contributed by atoms with Crippen molar-refractivity contribution in [3.05, 3.63) is 65.5 Å². The van der Waals surface area contributed by atoms with E-state index in [1.54, 1.807) is 48.8 Å². The molecule has 1 aromatic heterocycles. The number of ketones is 1. The Balaban J connectivity index is 2.02. The second kappa shape index (κ2) is 9.54. The highest BCUT2D eigenvalue weighted by Gasteiger charge is 2.46. The molecule has 1 aliphatic rings. The van der Waals surface area contributed by atoms with Gasteiger partial charge < -0.3 is 19.5 Å². The molecule has 1 aromatic carbocycles. The lowest BCUT2D eigenvalue weighted by atomic mass is 9.96. The van der Waals surface area contributed by atoms with Gasteiger partial charge in [0.2, 0.25) is 0 Å². The van der Waals surface area contributed by atoms with E-state index in [-0.39, 0.29) is 30.6 Å². The maximum atomic E-state index is 12.9. The number of ether oxygens (including phenoxy) is 2. The van der Waals surface area contributed by atoms with Crippen molar-refractivity contribution in [1.82, 2.24) is 9.88 Å². The van der Waals surface area contributed by atoms with Crippen molar-refractivity contribution < 1.29 is 24.2 Å². The maximum Gasteiger partial charge on any atom is 0.295 e. The SMILES string of the molecule is CCOc1ccc(/C(O)=C2/C(=O)C(=O)N(CCOC(C)C)C2c2cccnc2)cc1. The fourth-order valence-electron chi connectivity index (χ4n) is 3.41. The first-order valence-corrected chi connectivity index (χ1v) is 9.97. The van der Waals surface area contributed by atoms with Crippen molar-refractivity contribution in [1.29, 1.82) is 0 Å². The van der Waals surface area contributed by atoms with Gasteiger partial charge in [-0.05, 0) is 56.7 Å². The number of hydrogen-bond donors (Lipinski definition) is 1. The van der Waals surface area contributed by atoms with Gasteiger partial charge in [0.25, 0.3) is 11.7 Å². The number of amides is 1. The molecule has 3 rings (SSSR count). The number of carbonyl (C=O) groups is 2. The third kappa shape index (κ3) is 4.52. The standard InChI is InChI=1S/C23H26N2O5/c1-4-29-18-9-7-16(8-10-18)21(26)19-20(17-6-5-11-24-14-17)25(23(28)22(19)27)12-13-30-15(2)3/h5-11,14-15,20,26H,4,12-13H2,1-3H3/b21-19-. The van der Waals surface area contributed by atoms with Crippen molar-refractivity contribution in [2.75, 3.05) is 19.8 Å². The van der Waals surface area contributed by atoms with Gasteiger partial charge in [-0.25, -0.2) is 0 Å². The fraction of sp³-hybridized carbons (Fsp3) is 0.348. The molecule has 7 heteroatoms. The molecule has 1 saturated heterocycles. The Morgan fingerprint density at radius 3 is 2.53 bits per heavy atom. The molecule has 1 atom stereocenters. The van der Waals surface area contributed by atoms with Gasteiger partial charge in [-0.15, -0.1) is 0 Å². The van der Waals surface area contributed by atoms with Crippen LogP contribution in [0.5, 0.6) is 5.75 Å². The Hall–Kier alpha value is -3.19. The maximum absolute atomic E-state index is 12.9. The lowest BCUT2D eigenvalue weighted by Crippen LogP contribution is -2.33. The average Bonchev–Trinajstić information content (AvgIpc) is 2.99. The van der Waals surface area contributed by atoms with Gasteiger partial charge in [0.05, 0.1) is 30.9 Å². The summed E-state index contributed by atoms with van der Waals surface area (Å²) < 4.78 is 11.0. The molecular formula is C23H26N2O5. The lowest BCUT2D eigenvalue weighted by molar-refractivity contribution is -0.140. The lowest BCUT2D eigenvalue weighted by Gasteiger charge is -2.25. The molecule has 2 aromatic rings. The molecule has 30 heavy (non-hydrogen) atoms. The summed E-state index contributed by atoms with van der Waals surface area (Å²) in [4.78, 5) is 31.2. The number of benzene rings is 1. The Bertz CT molecular complexity index is 922. The van der Waals surface area contributed by atoms with Crippen molar-refractivity contribution in [3.63, 3.8) is 0 Å². The van der Waals surface area contributed by atoms with Gasteiger partial charge >= 0.3 is 0 Å². The molecule has 1 unspecified atom stereocenters. The summed E-state index contributed by atoms with van der Waals surface area (Å²) in [5, 5.41) is 11.0. The summed E-state index contributed by atoms with van der Waals surface area (Å²) >= 11 is 0. The second-order valence-electron chi connectivity index (χ2n) is 7.16. The van der Waals surface area contributed by atoms with Gasteiger partial charge in [-0.2, -0.15) is 0 Å². The molecular weight excluding hydrogens is 384 g/mol. The van der Waals surface area contributed by atoms with Gasteiger partial charge in [-0.3, -0.25) is 14.6 Å². The zero-order chi connectivity index (χ0) is 21.7. The third-order valence-corrected chi connectivity index (χ3v) is 4.76. The number of hydrogen-bond acceptors (Lipinski definition) is 6. The molecule has 1 fully saturated rings. The molecule has 0 saturated carbocycles. The smallest absolute Gasteiger partial charge is 0.295 e. The topological polar surface area (TPSA) is 89.0 Å². The number of nitrogens with zero attached hydrogens (tertiary/aromatic N) is 2. The number of pyridine rings is 1. The van der Waals surface area contributed by atoms with E-state index in [0.717, 1.165) is 0 Å². The van der Waals surface area contributed by atoms with E-state index in [0.29, 0.717) is 23.5 Å². The van der Waals surface area contributed by atoms with Gasteiger partial charge in [0.15, 0.2) is 0 Å². The Kier molecular flexibility index (Phi) is 6.84. The van der Waals surface area contributed by atoms with E-state index in [2.05, 4.69) is 4.98 Å². The predicted octanol–water partition coefficient (Wildman–Crippen LogP) is 3.33. The van der Waals surface area contributed by atoms with E-state index in [1.165, 1.54) is 4.90 Å². The fourth-order valence-corrected chi connectivity index (χ4v) is 3.41. The van der Waals surface area contributed by atoms with Gasteiger partial charge in [0, 0.05) is 24.5 Å². The van der Waals surface area contributed by atoms with Crippen LogP contribution < -0.4 is 4.74 Å². The number of likely N-dealkylation sites (tertiary alicyclic amines) is 1. The van der Waals surface area contributed by atoms with Crippen LogP contribution in [0.4, 0.5) is 0 Å². The number of aliphatic hydroxyl groups is 1. The number of aliphatic hydroxyl groups excluding tert-OH is 1. The molecule has 7 nitrogen and oxygen atoms in total. The summed E-state index contributed by atoms with van der Waals surface area (Å²) in [6.07, 6.45) is 3.21. The van der Waals surface area contributed by atoms with Crippen molar-refractivity contribution in [2.24, 2.45) is 0 Å². The average molecular weight is 410 g/mol. The number of carbonyl (C=O) groups excluding carboxylic acids is 2. The Morgan fingerprint density at radius 2 is 1.93 bits per heavy atom. The summed E-state index contributed by atoms with van der Waals surface area (Å²) in [5.74, 6) is -0.954. The normalized spacial score (nSPS) is 18.3. The minimum absolute atomic E-state index is 0.00233. The van der Waals surface area contributed by atoms with Crippen molar-refractivity contribution in [3.8, 4) is 5.75 Å². The molecule has 0 aliphatic carbocycles. The third-order valence-electron chi connectivity index (χ3n) is 4.76. The Labute approximate surface area is 175 Å². The van der Waals surface area contributed by atoms with Crippen molar-refractivity contribution >= 4 is 17.4 Å². The second-order valence-corrected chi connectivity index (χ2v) is 7.16. The highest BCUT2D eigenvalue weighted by Crippen LogP contribution is 2.39. The van der Waals surface area contributed by atoms with Crippen LogP contribution in [0.15, 0.2) is 54.4 Å². The zero-order valence-electron chi connectivity index (χ0n) is 17.4. The highest BCUT2D eigenvalue weighted by atomic mass is 16.5. The largest absolute Gasteiger partial charge is 0.507 e. The van der Waals surface area contributed by atoms with Crippen LogP contribution in [0.2, 0.25) is 0 Å². The first kappa shape index (κ1) is 21.5. The van der Waals surface area contributed by atoms with Crippen LogP contribution in [-0.2, 0) is 14.3 Å². The molecule has 158 valence electrons. The molecule has 0 bridgehead atoms. The van der Waals surface area contributed by atoms with E-state index in [9.17, 15) is 14.7 Å². The van der Waals surface area contributed by atoms with E-state index in [4.69, 9.17) is 9.47 Å². The van der Waals surface area contributed by atoms with E-state index >= 15 is 0 Å². The van der Waals surface area contributed by atoms with Crippen LogP contribution in [0.3, 0.4) is 0 Å². The first-order valence-electron chi connectivity index (χ1n) is 9.97. The van der Waals surface area contributed by atoms with E-state index < -0.39 is 17.7 Å². The summed E-state index contributed by atoms with van der Waals surface area (Å²) in [5.41, 5.74) is 1.12. The number of Topliss-reactive ketones (excluding diaryl/α,β-unsaturated/α-hetero) is 1. The molecule has 0 radical (unpaired) electrons. The summed E-state index contributed by atoms with van der Waals surface area (Å²) in [6.45, 7) is 6.71. The van der Waals surface area contributed by atoms with Gasteiger partial charge in [-0.1, -0.05) is 6.07 Å². The van der Waals surface area contributed by atoms with Crippen LogP contribution in [0.1, 0.15) is 37.9 Å². The zero-order valence-corrected chi connectivity index (χ0v) is 17.4. The monoisotopic (exact) mass is 410 g/mol. The minimum atomic E-state index is -0.735. The summed E-state index contributed by atoms with van der Waals surface area (Å²) in [6, 6.07) is 9.53. The van der Waals surface area contributed by atoms with Crippen LogP contribution in [-0.4, -0.2) is 52.5 Å². The number of aromatic nitrogens is 1. The Morgan fingerprint density at radius 1 is 1.20 bits per heavy atom. The minimum Gasteiger partial charge on any atom is -0.507 e. The molecule has 1 N–H and O–H groups in total. The van der Waals surface area contributed by atoms with Crippen LogP contribution in [0, 0.1) is 0 Å². The first-order chi connectivity index (χ1) is 14.4. The van der Waals surface area contributed by atoms with Crippen molar-refractivity contribution in [2.45, 2.75) is 32.9 Å². The van der Waals surface area contributed by atoms with Crippen LogP contribution >= 0.6 is 0 Å². The highest BCUT2D eigenvalue weighted by molar-refractivity contribution is 6.46. The molecule has 1 amide bonds.